The SMILES string of the molecule is COc1cc(C=NNC(=O)C2CCN(Cc3ccc(Br)cc3)CC2)cc(Br)c1OC. The van der Waals surface area contributed by atoms with E-state index in [0.29, 0.717) is 11.5 Å². The van der Waals surface area contributed by atoms with E-state index in [-0.39, 0.29) is 11.8 Å². The van der Waals surface area contributed by atoms with Crippen molar-refractivity contribution >= 4 is 44.0 Å². The molecule has 0 saturated carbocycles. The number of likely N-dealkylation sites (tertiary alicyclic amines) is 1. The van der Waals surface area contributed by atoms with Crippen LogP contribution in [0.15, 0.2) is 50.4 Å². The summed E-state index contributed by atoms with van der Waals surface area (Å²) in [4.78, 5) is 14.9. The molecule has 0 aromatic heterocycles. The molecule has 1 amide bonds. The van der Waals surface area contributed by atoms with Crippen molar-refractivity contribution in [2.24, 2.45) is 11.0 Å². The molecule has 0 aliphatic carbocycles. The highest BCUT2D eigenvalue weighted by Gasteiger charge is 2.24. The highest BCUT2D eigenvalue weighted by molar-refractivity contribution is 9.10. The van der Waals surface area contributed by atoms with Crippen LogP contribution in [0.1, 0.15) is 24.0 Å². The third kappa shape index (κ3) is 6.06. The quantitative estimate of drug-likeness (QED) is 0.413. The van der Waals surface area contributed by atoms with Crippen molar-refractivity contribution in [2.45, 2.75) is 19.4 Å². The van der Waals surface area contributed by atoms with Crippen LogP contribution in [0.2, 0.25) is 0 Å². The Kier molecular flexibility index (Phi) is 8.30. The number of halogens is 2. The molecule has 0 unspecified atom stereocenters. The molecule has 0 radical (unpaired) electrons. The van der Waals surface area contributed by atoms with E-state index in [1.165, 1.54) is 5.56 Å². The van der Waals surface area contributed by atoms with Gasteiger partial charge in [-0.1, -0.05) is 28.1 Å². The largest absolute Gasteiger partial charge is 0.493 e. The second-order valence-corrected chi connectivity index (χ2v) is 8.92. The Morgan fingerprint density at radius 3 is 2.50 bits per heavy atom. The zero-order valence-corrected chi connectivity index (χ0v) is 20.2. The van der Waals surface area contributed by atoms with Gasteiger partial charge in [0.1, 0.15) is 0 Å². The molecule has 2 aromatic carbocycles. The van der Waals surface area contributed by atoms with Gasteiger partial charge in [-0.15, -0.1) is 0 Å². The third-order valence-corrected chi connectivity index (χ3v) is 6.24. The van der Waals surface area contributed by atoms with Gasteiger partial charge in [-0.3, -0.25) is 9.69 Å². The van der Waals surface area contributed by atoms with Gasteiger partial charge in [0.15, 0.2) is 11.5 Å². The Morgan fingerprint density at radius 1 is 1.17 bits per heavy atom. The van der Waals surface area contributed by atoms with Crippen LogP contribution in [0.3, 0.4) is 0 Å². The fourth-order valence-electron chi connectivity index (χ4n) is 3.48. The zero-order valence-electron chi connectivity index (χ0n) is 17.0. The number of piperidine rings is 1. The molecular weight excluding hydrogens is 514 g/mol. The summed E-state index contributed by atoms with van der Waals surface area (Å²) < 4.78 is 12.5. The fourth-order valence-corrected chi connectivity index (χ4v) is 4.36. The molecule has 8 heteroatoms. The Bertz CT molecular complexity index is 895. The number of nitrogens with zero attached hydrogens (tertiary/aromatic N) is 2. The highest BCUT2D eigenvalue weighted by atomic mass is 79.9. The van der Waals surface area contributed by atoms with E-state index in [4.69, 9.17) is 9.47 Å². The van der Waals surface area contributed by atoms with Gasteiger partial charge in [-0.05, 0) is 77.3 Å². The van der Waals surface area contributed by atoms with E-state index < -0.39 is 0 Å². The van der Waals surface area contributed by atoms with Crippen molar-refractivity contribution < 1.29 is 14.3 Å². The van der Waals surface area contributed by atoms with Gasteiger partial charge >= 0.3 is 0 Å². The topological polar surface area (TPSA) is 63.2 Å². The number of rotatable bonds is 7. The van der Waals surface area contributed by atoms with Gasteiger partial charge in [-0.2, -0.15) is 5.10 Å². The molecule has 1 fully saturated rings. The summed E-state index contributed by atoms with van der Waals surface area (Å²) in [7, 11) is 3.16. The minimum atomic E-state index is -0.0333. The molecule has 0 bridgehead atoms. The maximum atomic E-state index is 12.5. The lowest BCUT2D eigenvalue weighted by Gasteiger charge is -2.30. The van der Waals surface area contributed by atoms with E-state index in [2.05, 4.69) is 71.6 Å². The lowest BCUT2D eigenvalue weighted by molar-refractivity contribution is -0.126. The number of hydrogen-bond donors (Lipinski definition) is 1. The zero-order chi connectivity index (χ0) is 21.5. The Morgan fingerprint density at radius 2 is 1.87 bits per heavy atom. The van der Waals surface area contributed by atoms with Crippen molar-refractivity contribution in [3.63, 3.8) is 0 Å². The summed E-state index contributed by atoms with van der Waals surface area (Å²) in [6, 6.07) is 12.0. The number of hydrazone groups is 1. The maximum Gasteiger partial charge on any atom is 0.243 e. The van der Waals surface area contributed by atoms with Crippen LogP contribution in [0.25, 0.3) is 0 Å². The summed E-state index contributed by atoms with van der Waals surface area (Å²) in [6.07, 6.45) is 3.27. The molecular formula is C22H25Br2N3O3. The summed E-state index contributed by atoms with van der Waals surface area (Å²) in [5.41, 5.74) is 4.76. The van der Waals surface area contributed by atoms with E-state index in [1.807, 2.05) is 6.07 Å². The predicted molar refractivity (Wildman–Crippen MR) is 125 cm³/mol. The Labute approximate surface area is 193 Å². The van der Waals surface area contributed by atoms with Gasteiger partial charge in [0, 0.05) is 16.9 Å². The second kappa shape index (κ2) is 10.9. The highest BCUT2D eigenvalue weighted by Crippen LogP contribution is 2.35. The smallest absolute Gasteiger partial charge is 0.243 e. The van der Waals surface area contributed by atoms with Crippen LogP contribution in [0, 0.1) is 5.92 Å². The first-order chi connectivity index (χ1) is 14.5. The second-order valence-electron chi connectivity index (χ2n) is 7.15. The third-order valence-electron chi connectivity index (χ3n) is 5.12. The average molecular weight is 539 g/mol. The molecule has 3 rings (SSSR count). The van der Waals surface area contributed by atoms with E-state index >= 15 is 0 Å². The molecule has 1 saturated heterocycles. The summed E-state index contributed by atoms with van der Waals surface area (Å²) in [5, 5.41) is 4.12. The van der Waals surface area contributed by atoms with Gasteiger partial charge in [0.25, 0.3) is 0 Å². The number of benzene rings is 2. The molecule has 30 heavy (non-hydrogen) atoms. The predicted octanol–water partition coefficient (Wildman–Crippen LogP) is 4.59. The minimum Gasteiger partial charge on any atom is -0.493 e. The number of carbonyl (C=O) groups excluding carboxylic acids is 1. The average Bonchev–Trinajstić information content (AvgIpc) is 2.75. The van der Waals surface area contributed by atoms with Crippen LogP contribution in [-0.4, -0.2) is 44.3 Å². The fraction of sp³-hybridized carbons (Fsp3) is 0.364. The van der Waals surface area contributed by atoms with E-state index in [0.717, 1.165) is 47.0 Å². The van der Waals surface area contributed by atoms with Gasteiger partial charge in [0.2, 0.25) is 5.91 Å². The number of nitrogens with one attached hydrogen (secondary N) is 1. The van der Waals surface area contributed by atoms with Crippen molar-refractivity contribution in [1.82, 2.24) is 10.3 Å². The van der Waals surface area contributed by atoms with Gasteiger partial charge in [-0.25, -0.2) is 5.43 Å². The monoisotopic (exact) mass is 537 g/mol. The lowest BCUT2D eigenvalue weighted by Crippen LogP contribution is -2.39. The minimum absolute atomic E-state index is 0.0135. The molecule has 0 spiro atoms. The van der Waals surface area contributed by atoms with Gasteiger partial charge in [0.05, 0.1) is 24.9 Å². The van der Waals surface area contributed by atoms with Crippen LogP contribution in [-0.2, 0) is 11.3 Å². The molecule has 1 aliphatic rings. The summed E-state index contributed by atoms with van der Waals surface area (Å²) in [6.45, 7) is 2.72. The van der Waals surface area contributed by atoms with Crippen LogP contribution < -0.4 is 14.9 Å². The van der Waals surface area contributed by atoms with Crippen LogP contribution >= 0.6 is 31.9 Å². The maximum absolute atomic E-state index is 12.5. The molecule has 1 aliphatic heterocycles. The van der Waals surface area contributed by atoms with Crippen LogP contribution in [0.4, 0.5) is 0 Å². The van der Waals surface area contributed by atoms with Crippen molar-refractivity contribution in [1.29, 1.82) is 0 Å². The van der Waals surface area contributed by atoms with E-state index in [1.54, 1.807) is 26.5 Å². The molecule has 1 N–H and O–H groups in total. The van der Waals surface area contributed by atoms with Gasteiger partial charge < -0.3 is 9.47 Å². The molecule has 2 aromatic rings. The molecule has 0 atom stereocenters. The number of hydrogen-bond acceptors (Lipinski definition) is 5. The Hall–Kier alpha value is -1.90. The Balaban J connectivity index is 1.49. The van der Waals surface area contributed by atoms with Crippen molar-refractivity contribution in [2.75, 3.05) is 27.3 Å². The van der Waals surface area contributed by atoms with Crippen molar-refractivity contribution in [3.8, 4) is 11.5 Å². The molecule has 6 nitrogen and oxygen atoms in total. The van der Waals surface area contributed by atoms with Crippen molar-refractivity contribution in [3.05, 3.63) is 56.5 Å². The molecule has 160 valence electrons. The number of ether oxygens (including phenoxy) is 2. The standard InChI is InChI=1S/C22H25Br2N3O3/c1-29-20-12-16(11-19(24)21(20)30-2)13-25-26-22(28)17-7-9-27(10-8-17)14-15-3-5-18(23)6-4-15/h3-6,11-13,17H,7-10,14H2,1-2H3,(H,26,28). The number of carbonyl (C=O) groups is 1. The number of amides is 1. The first kappa shape index (κ1) is 22.8. The van der Waals surface area contributed by atoms with Crippen LogP contribution in [0.5, 0.6) is 11.5 Å². The van der Waals surface area contributed by atoms with E-state index in [9.17, 15) is 4.79 Å². The first-order valence-corrected chi connectivity index (χ1v) is 11.3. The summed E-state index contributed by atoms with van der Waals surface area (Å²) >= 11 is 6.92. The lowest BCUT2D eigenvalue weighted by atomic mass is 9.96. The number of methoxy groups -OCH3 is 2. The first-order valence-electron chi connectivity index (χ1n) is 9.71. The normalized spacial score (nSPS) is 15.3. The molecule has 1 heterocycles. The summed E-state index contributed by atoms with van der Waals surface area (Å²) in [5.74, 6) is 1.17.